The minimum Gasteiger partial charge on any atom is -0.479 e. The number of ether oxygens (including phenoxy) is 1. The summed E-state index contributed by atoms with van der Waals surface area (Å²) in [5.74, 6) is -2.04. The van der Waals surface area contributed by atoms with Crippen LogP contribution >= 0.6 is 12.2 Å². The van der Waals surface area contributed by atoms with Gasteiger partial charge < -0.3 is 14.9 Å². The Hall–Kier alpha value is -1.96. The number of rotatable bonds is 3. The van der Waals surface area contributed by atoms with Gasteiger partial charge >= 0.3 is 0 Å². The van der Waals surface area contributed by atoms with Crippen LogP contribution in [0.3, 0.4) is 0 Å². The van der Waals surface area contributed by atoms with Crippen molar-refractivity contribution in [2.24, 2.45) is 28.6 Å². The molecule has 0 unspecified atom stereocenters. The molecule has 0 saturated heterocycles. The first kappa shape index (κ1) is 24.7. The molecule has 0 bridgehead atoms. The van der Waals surface area contributed by atoms with Crippen LogP contribution in [0.1, 0.15) is 45.6 Å². The standard InChI is InChI=1S/C28H32F2O4S/c1-16-11-19-20-13-22(29)21-12-18(31)9-10-25(21,2)27(20,30)23(32)14-26(19,3)28(16,33)24(35)34-15-17-7-5-4-6-8-17/h4-10,12,16,19-20,22-23,32-33H,11,13-15H2,1-3H3/t16-,19+,20+,22+,23+,25+,26+,27+,28+/m1/s1. The molecule has 4 aliphatic rings. The molecule has 3 fully saturated rings. The van der Waals surface area contributed by atoms with Crippen LogP contribution in [0.25, 0.3) is 0 Å². The zero-order chi connectivity index (χ0) is 25.4. The number of fused-ring (bicyclic) bond motifs is 5. The largest absolute Gasteiger partial charge is 0.479 e. The van der Waals surface area contributed by atoms with E-state index in [9.17, 15) is 15.0 Å². The lowest BCUT2D eigenvalue weighted by Crippen LogP contribution is -2.70. The highest BCUT2D eigenvalue weighted by atomic mass is 32.1. The van der Waals surface area contributed by atoms with Crippen LogP contribution in [0.4, 0.5) is 8.78 Å². The number of alkyl halides is 2. The Bertz CT molecular complexity index is 1120. The summed E-state index contributed by atoms with van der Waals surface area (Å²) < 4.78 is 38.7. The molecule has 4 aliphatic carbocycles. The second-order valence-electron chi connectivity index (χ2n) is 11.3. The Morgan fingerprint density at radius 1 is 1.20 bits per heavy atom. The van der Waals surface area contributed by atoms with Crippen molar-refractivity contribution in [2.45, 2.75) is 70.2 Å². The highest BCUT2D eigenvalue weighted by Crippen LogP contribution is 2.71. The molecular weight excluding hydrogens is 470 g/mol. The highest BCUT2D eigenvalue weighted by molar-refractivity contribution is 7.80. The van der Waals surface area contributed by atoms with Crippen molar-refractivity contribution in [3.63, 3.8) is 0 Å². The van der Waals surface area contributed by atoms with E-state index >= 15 is 8.78 Å². The molecule has 1 aromatic rings. The number of ketones is 1. The molecule has 2 N–H and O–H groups in total. The average Bonchev–Trinajstić information content (AvgIpc) is 3.03. The van der Waals surface area contributed by atoms with E-state index in [0.29, 0.717) is 6.42 Å². The van der Waals surface area contributed by atoms with Crippen LogP contribution in [-0.2, 0) is 16.1 Å². The van der Waals surface area contributed by atoms with Gasteiger partial charge in [-0.2, -0.15) is 0 Å². The summed E-state index contributed by atoms with van der Waals surface area (Å²) in [7, 11) is 0. The van der Waals surface area contributed by atoms with E-state index in [4.69, 9.17) is 17.0 Å². The van der Waals surface area contributed by atoms with Crippen molar-refractivity contribution in [1.29, 1.82) is 0 Å². The number of hydrogen-bond donors (Lipinski definition) is 2. The summed E-state index contributed by atoms with van der Waals surface area (Å²) >= 11 is 5.63. The molecule has 3 saturated carbocycles. The fourth-order valence-corrected chi connectivity index (χ4v) is 8.30. The first-order chi connectivity index (χ1) is 16.4. The monoisotopic (exact) mass is 502 g/mol. The molecule has 1 aromatic carbocycles. The molecule has 0 aromatic heterocycles. The van der Waals surface area contributed by atoms with Gasteiger partial charge in [-0.3, -0.25) is 4.79 Å². The van der Waals surface area contributed by atoms with E-state index in [1.165, 1.54) is 18.2 Å². The molecule has 0 amide bonds. The Kier molecular flexibility index (Phi) is 5.67. The smallest absolute Gasteiger partial charge is 0.192 e. The van der Waals surface area contributed by atoms with Gasteiger partial charge in [-0.25, -0.2) is 8.78 Å². The van der Waals surface area contributed by atoms with Gasteiger partial charge in [-0.15, -0.1) is 0 Å². The Labute approximate surface area is 210 Å². The molecule has 5 rings (SSSR count). The summed E-state index contributed by atoms with van der Waals surface area (Å²) in [6.45, 7) is 5.44. The molecule has 0 heterocycles. The zero-order valence-electron chi connectivity index (χ0n) is 20.2. The van der Waals surface area contributed by atoms with Gasteiger partial charge in [0.1, 0.15) is 18.4 Å². The number of thiocarbonyl (C=S) groups is 1. The van der Waals surface area contributed by atoms with Crippen LogP contribution in [0.5, 0.6) is 0 Å². The van der Waals surface area contributed by atoms with Crippen LogP contribution in [0.2, 0.25) is 0 Å². The molecule has 0 radical (unpaired) electrons. The lowest BCUT2D eigenvalue weighted by Gasteiger charge is -2.63. The molecular formula is C28H32F2O4S. The van der Waals surface area contributed by atoms with Crippen molar-refractivity contribution < 1.29 is 28.5 Å². The van der Waals surface area contributed by atoms with E-state index in [1.54, 1.807) is 6.92 Å². The van der Waals surface area contributed by atoms with Crippen LogP contribution in [-0.4, -0.2) is 44.6 Å². The molecule has 9 atom stereocenters. The first-order valence-corrected chi connectivity index (χ1v) is 12.7. The third-order valence-corrected chi connectivity index (χ3v) is 10.2. The zero-order valence-corrected chi connectivity index (χ0v) is 21.0. The van der Waals surface area contributed by atoms with Crippen molar-refractivity contribution in [2.75, 3.05) is 0 Å². The Balaban J connectivity index is 1.51. The van der Waals surface area contributed by atoms with E-state index in [-0.39, 0.29) is 41.8 Å². The maximum absolute atomic E-state index is 17.2. The summed E-state index contributed by atoms with van der Waals surface area (Å²) in [5, 5.41) is 23.5. The van der Waals surface area contributed by atoms with Gasteiger partial charge in [-0.1, -0.05) is 50.3 Å². The molecule has 0 aliphatic heterocycles. The number of benzene rings is 1. The number of aliphatic hydroxyl groups is 2. The SMILES string of the molecule is C[C@@H]1C[C@H]2[C@@H]3C[C@H](F)C4=CC(=O)C=C[C@]4(C)[C@@]3(F)[C@@H](O)C[C@]2(C)[C@@]1(O)C(=S)OCc1ccccc1. The van der Waals surface area contributed by atoms with E-state index in [0.717, 1.165) is 5.56 Å². The molecule has 4 nitrogen and oxygen atoms in total. The van der Waals surface area contributed by atoms with Crippen LogP contribution in [0, 0.1) is 28.6 Å². The van der Waals surface area contributed by atoms with Gasteiger partial charge in [0.2, 0.25) is 0 Å². The highest BCUT2D eigenvalue weighted by Gasteiger charge is 2.76. The molecule has 7 heteroatoms. The summed E-state index contributed by atoms with van der Waals surface area (Å²) in [6, 6.07) is 9.46. The number of hydrogen-bond acceptors (Lipinski definition) is 5. The summed E-state index contributed by atoms with van der Waals surface area (Å²) in [4.78, 5) is 12.0. The van der Waals surface area contributed by atoms with Gasteiger partial charge in [0.05, 0.1) is 6.10 Å². The second-order valence-corrected chi connectivity index (χ2v) is 11.7. The third-order valence-electron chi connectivity index (χ3n) is 9.73. The fraction of sp³-hybridized carbons (Fsp3) is 0.571. The van der Waals surface area contributed by atoms with Crippen molar-refractivity contribution >= 4 is 23.1 Å². The lowest BCUT2D eigenvalue weighted by molar-refractivity contribution is -0.215. The second kappa shape index (κ2) is 8.02. The normalized spacial score (nSPS) is 46.3. The number of carbonyl (C=O) groups excluding carboxylic acids is 1. The molecule has 0 spiro atoms. The molecule has 35 heavy (non-hydrogen) atoms. The predicted octanol–water partition coefficient (Wildman–Crippen LogP) is 4.83. The van der Waals surface area contributed by atoms with Gasteiger partial charge in [0.25, 0.3) is 0 Å². The van der Waals surface area contributed by atoms with Crippen molar-refractivity contribution in [3.05, 3.63) is 59.7 Å². The first-order valence-electron chi connectivity index (χ1n) is 12.3. The average molecular weight is 503 g/mol. The minimum absolute atomic E-state index is 0.0278. The number of allylic oxidation sites excluding steroid dienone is 4. The van der Waals surface area contributed by atoms with E-state index in [1.807, 2.05) is 44.2 Å². The maximum Gasteiger partial charge on any atom is 0.192 e. The lowest BCUT2D eigenvalue weighted by atomic mass is 9.44. The minimum atomic E-state index is -2.18. The fourth-order valence-electron chi connectivity index (χ4n) is 7.81. The number of halogens is 2. The topological polar surface area (TPSA) is 66.8 Å². The van der Waals surface area contributed by atoms with Crippen LogP contribution in [0.15, 0.2) is 54.1 Å². The van der Waals surface area contributed by atoms with Gasteiger partial charge in [-0.05, 0) is 73.5 Å². The maximum atomic E-state index is 17.2. The predicted molar refractivity (Wildman–Crippen MR) is 132 cm³/mol. The summed E-state index contributed by atoms with van der Waals surface area (Å²) in [6.07, 6.45) is 1.09. The van der Waals surface area contributed by atoms with Crippen molar-refractivity contribution in [1.82, 2.24) is 0 Å². The third kappa shape index (κ3) is 3.13. The van der Waals surface area contributed by atoms with E-state index in [2.05, 4.69) is 0 Å². The molecule has 188 valence electrons. The quantitative estimate of drug-likeness (QED) is 0.580. The number of carbonyl (C=O) groups is 1. The van der Waals surface area contributed by atoms with Crippen molar-refractivity contribution in [3.8, 4) is 0 Å². The van der Waals surface area contributed by atoms with Gasteiger partial charge in [0.15, 0.2) is 16.5 Å². The summed E-state index contributed by atoms with van der Waals surface area (Å²) in [5.41, 5.74) is -5.24. The van der Waals surface area contributed by atoms with Crippen LogP contribution < -0.4 is 0 Å². The number of aliphatic hydroxyl groups excluding tert-OH is 1. The van der Waals surface area contributed by atoms with Gasteiger partial charge in [0, 0.05) is 16.7 Å². The van der Waals surface area contributed by atoms with E-state index < -0.39 is 46.2 Å². The Morgan fingerprint density at radius 2 is 1.89 bits per heavy atom. The Morgan fingerprint density at radius 3 is 2.57 bits per heavy atom.